The van der Waals surface area contributed by atoms with Crippen LogP contribution in [-0.2, 0) is 4.79 Å². The number of aromatic nitrogens is 2. The molecule has 1 fully saturated rings. The molecule has 0 radical (unpaired) electrons. The van der Waals surface area contributed by atoms with Crippen LogP contribution in [-0.4, -0.2) is 32.8 Å². The zero-order valence-electron chi connectivity index (χ0n) is 14.3. The van der Waals surface area contributed by atoms with E-state index in [2.05, 4.69) is 10.4 Å². The lowest BCUT2D eigenvalue weighted by atomic mass is 10.1. The molecule has 132 valence electrons. The number of nitrogens with one attached hydrogen (secondary N) is 1. The molecule has 0 saturated heterocycles. The maximum absolute atomic E-state index is 12.7. The molecule has 0 bridgehead atoms. The lowest BCUT2D eigenvalue weighted by molar-refractivity contribution is -0.139. The first-order chi connectivity index (χ1) is 12.1. The number of carbonyl (C=O) groups excluding carboxylic acids is 1. The van der Waals surface area contributed by atoms with Gasteiger partial charge >= 0.3 is 5.97 Å². The van der Waals surface area contributed by atoms with Crippen molar-refractivity contribution in [3.63, 3.8) is 0 Å². The maximum atomic E-state index is 12.7. The fourth-order valence-electron chi connectivity index (χ4n) is 2.80. The molecule has 0 aliphatic heterocycles. The van der Waals surface area contributed by atoms with Crippen LogP contribution in [0, 0.1) is 0 Å². The minimum absolute atomic E-state index is 0.385. The third-order valence-corrected chi connectivity index (χ3v) is 4.41. The Kier molecular flexibility index (Phi) is 5.16. The Morgan fingerprint density at radius 2 is 2.04 bits per heavy atom. The van der Waals surface area contributed by atoms with Gasteiger partial charge in [-0.1, -0.05) is 38.0 Å². The van der Waals surface area contributed by atoms with Crippen molar-refractivity contribution >= 4 is 11.9 Å². The summed E-state index contributed by atoms with van der Waals surface area (Å²) in [4.78, 5) is 24.2. The van der Waals surface area contributed by atoms with Crippen LogP contribution in [0.3, 0.4) is 0 Å². The fourth-order valence-corrected chi connectivity index (χ4v) is 2.80. The zero-order chi connectivity index (χ0) is 17.8. The maximum Gasteiger partial charge on any atom is 0.326 e. The van der Waals surface area contributed by atoms with Crippen molar-refractivity contribution in [2.24, 2.45) is 0 Å². The molecule has 1 amide bonds. The van der Waals surface area contributed by atoms with E-state index < -0.39 is 17.9 Å². The number of benzene rings is 1. The summed E-state index contributed by atoms with van der Waals surface area (Å²) < 4.78 is 1.61. The number of nitrogens with zero attached hydrogens (tertiary/aromatic N) is 2. The predicted octanol–water partition coefficient (Wildman–Crippen LogP) is 3.12. The highest BCUT2D eigenvalue weighted by Gasteiger charge is 2.30. The van der Waals surface area contributed by atoms with Crippen LogP contribution in [0.15, 0.2) is 36.4 Å². The molecule has 1 aromatic heterocycles. The molecule has 25 heavy (non-hydrogen) atoms. The fraction of sp³-hybridized carbons (Fsp3) is 0.421. The number of aliphatic carboxylic acids is 1. The Bertz CT molecular complexity index is 751. The van der Waals surface area contributed by atoms with E-state index in [0.29, 0.717) is 18.0 Å². The van der Waals surface area contributed by atoms with Crippen molar-refractivity contribution < 1.29 is 14.7 Å². The Hall–Kier alpha value is -2.63. The summed E-state index contributed by atoms with van der Waals surface area (Å²) in [5.41, 5.74) is 2.07. The molecule has 1 aliphatic rings. The third-order valence-electron chi connectivity index (χ3n) is 4.41. The molecule has 3 rings (SSSR count). The predicted molar refractivity (Wildman–Crippen MR) is 94.0 cm³/mol. The number of amides is 1. The lowest BCUT2D eigenvalue weighted by Crippen LogP contribution is -2.41. The van der Waals surface area contributed by atoms with Gasteiger partial charge in [-0.3, -0.25) is 4.79 Å². The molecule has 1 saturated carbocycles. The van der Waals surface area contributed by atoms with Gasteiger partial charge in [0.2, 0.25) is 0 Å². The molecule has 1 heterocycles. The van der Waals surface area contributed by atoms with Crippen molar-refractivity contribution in [3.8, 4) is 5.69 Å². The Labute approximate surface area is 146 Å². The first-order valence-electron chi connectivity index (χ1n) is 8.79. The molecule has 6 nitrogen and oxygen atoms in total. The van der Waals surface area contributed by atoms with Gasteiger partial charge in [0, 0.05) is 5.92 Å². The third kappa shape index (κ3) is 4.07. The van der Waals surface area contributed by atoms with Gasteiger partial charge in [0.1, 0.15) is 11.7 Å². The summed E-state index contributed by atoms with van der Waals surface area (Å²) in [5.74, 6) is -0.992. The quantitative estimate of drug-likeness (QED) is 0.772. The van der Waals surface area contributed by atoms with Gasteiger partial charge in [-0.15, -0.1) is 0 Å². The average Bonchev–Trinajstić information content (AvgIpc) is 3.37. The van der Waals surface area contributed by atoms with Crippen LogP contribution in [0.2, 0.25) is 0 Å². The largest absolute Gasteiger partial charge is 0.480 e. The first kappa shape index (κ1) is 17.2. The number of para-hydroxylation sites is 1. The number of carboxylic acids is 1. The zero-order valence-corrected chi connectivity index (χ0v) is 14.3. The Morgan fingerprint density at radius 1 is 1.32 bits per heavy atom. The summed E-state index contributed by atoms with van der Waals surface area (Å²) in [7, 11) is 0. The van der Waals surface area contributed by atoms with E-state index >= 15 is 0 Å². The van der Waals surface area contributed by atoms with E-state index in [0.717, 1.165) is 37.1 Å². The Morgan fingerprint density at radius 3 is 2.64 bits per heavy atom. The standard InChI is InChI=1S/C19H23N3O3/c1-2-3-9-15(19(24)25)20-18(23)17-12-16(13-10-11-13)21-22(17)14-7-5-4-6-8-14/h4-8,12-13,15H,2-3,9-11H2,1H3,(H,20,23)(H,24,25). The summed E-state index contributed by atoms with van der Waals surface area (Å²) in [6.45, 7) is 1.99. The van der Waals surface area contributed by atoms with E-state index in [1.165, 1.54) is 0 Å². The molecular formula is C19H23N3O3. The molecule has 1 atom stereocenters. The molecule has 2 aromatic rings. The number of carboxylic acid groups (broad SMARTS) is 1. The second kappa shape index (κ2) is 7.51. The van der Waals surface area contributed by atoms with Gasteiger partial charge in [-0.2, -0.15) is 5.10 Å². The van der Waals surface area contributed by atoms with E-state index in [1.54, 1.807) is 10.7 Å². The number of rotatable bonds is 8. The summed E-state index contributed by atoms with van der Waals surface area (Å²) in [5, 5.41) is 16.6. The Balaban J connectivity index is 1.87. The van der Waals surface area contributed by atoms with E-state index in [9.17, 15) is 14.7 Å². The second-order valence-corrected chi connectivity index (χ2v) is 6.48. The number of hydrogen-bond acceptors (Lipinski definition) is 3. The van der Waals surface area contributed by atoms with Gasteiger partial charge in [-0.05, 0) is 37.5 Å². The first-order valence-corrected chi connectivity index (χ1v) is 8.79. The van der Waals surface area contributed by atoms with Crippen LogP contribution >= 0.6 is 0 Å². The van der Waals surface area contributed by atoms with Crippen molar-refractivity contribution in [2.75, 3.05) is 0 Å². The van der Waals surface area contributed by atoms with Crippen molar-refractivity contribution in [2.45, 2.75) is 51.0 Å². The highest BCUT2D eigenvalue weighted by atomic mass is 16.4. The van der Waals surface area contributed by atoms with Crippen molar-refractivity contribution in [1.82, 2.24) is 15.1 Å². The van der Waals surface area contributed by atoms with Crippen molar-refractivity contribution in [1.29, 1.82) is 0 Å². The van der Waals surface area contributed by atoms with Gasteiger partial charge in [0.25, 0.3) is 5.91 Å². The summed E-state index contributed by atoms with van der Waals surface area (Å²) in [6, 6.07) is 10.3. The van der Waals surface area contributed by atoms with E-state index in [-0.39, 0.29) is 0 Å². The normalized spacial score (nSPS) is 14.9. The van der Waals surface area contributed by atoms with E-state index in [1.807, 2.05) is 37.3 Å². The molecule has 6 heteroatoms. The number of hydrogen-bond donors (Lipinski definition) is 2. The second-order valence-electron chi connectivity index (χ2n) is 6.48. The van der Waals surface area contributed by atoms with E-state index in [4.69, 9.17) is 0 Å². The molecule has 1 unspecified atom stereocenters. The van der Waals surface area contributed by atoms with Crippen LogP contribution < -0.4 is 5.32 Å². The highest BCUT2D eigenvalue weighted by Crippen LogP contribution is 2.39. The average molecular weight is 341 g/mol. The topological polar surface area (TPSA) is 84.2 Å². The SMILES string of the molecule is CCCCC(NC(=O)c1cc(C2CC2)nn1-c1ccccc1)C(=O)O. The molecule has 2 N–H and O–H groups in total. The van der Waals surface area contributed by atoms with Gasteiger partial charge < -0.3 is 10.4 Å². The molecule has 1 aromatic carbocycles. The van der Waals surface area contributed by atoms with Crippen LogP contribution in [0.25, 0.3) is 5.69 Å². The van der Waals surface area contributed by atoms with Gasteiger partial charge in [0.05, 0.1) is 11.4 Å². The summed E-state index contributed by atoms with van der Waals surface area (Å²) >= 11 is 0. The molecular weight excluding hydrogens is 318 g/mol. The smallest absolute Gasteiger partial charge is 0.326 e. The molecule has 1 aliphatic carbocycles. The number of carbonyl (C=O) groups is 2. The van der Waals surface area contributed by atoms with Crippen molar-refractivity contribution in [3.05, 3.63) is 47.8 Å². The lowest BCUT2D eigenvalue weighted by Gasteiger charge is -2.14. The van der Waals surface area contributed by atoms with Gasteiger partial charge in [0.15, 0.2) is 0 Å². The van der Waals surface area contributed by atoms with Crippen LogP contribution in [0.4, 0.5) is 0 Å². The number of unbranched alkanes of at least 4 members (excludes halogenated alkanes) is 1. The minimum Gasteiger partial charge on any atom is -0.480 e. The summed E-state index contributed by atoms with van der Waals surface area (Å²) in [6.07, 6.45) is 4.23. The van der Waals surface area contributed by atoms with Crippen LogP contribution in [0.5, 0.6) is 0 Å². The minimum atomic E-state index is -1.00. The van der Waals surface area contributed by atoms with Gasteiger partial charge in [-0.25, -0.2) is 9.48 Å². The monoisotopic (exact) mass is 341 g/mol. The van der Waals surface area contributed by atoms with Crippen LogP contribution in [0.1, 0.15) is 61.1 Å². The highest BCUT2D eigenvalue weighted by molar-refractivity contribution is 5.95. The molecule has 0 spiro atoms.